The highest BCUT2D eigenvalue weighted by Gasteiger charge is 2.19. The van der Waals surface area contributed by atoms with Gasteiger partial charge in [-0.1, -0.05) is 17.8 Å². The quantitative estimate of drug-likeness (QED) is 0.254. The van der Waals surface area contributed by atoms with Crippen LogP contribution in [0.4, 0.5) is 10.1 Å². The number of nitrogens with zero attached hydrogens (tertiary/aromatic N) is 2. The standard InChI is InChI=1S/C21H16FN3O3S2/c1-2-9-25-20(27)18-15(16-4-3-10-28-16)11-29-19(18)24-21(25)30-12-17(26)23-14-7-5-13(22)6-8-14/h2-8,10-11H,1,9,12H2,(H,23,26). The number of fused-ring (bicyclic) bond motifs is 1. The number of benzene rings is 1. The van der Waals surface area contributed by atoms with Gasteiger partial charge in [-0.15, -0.1) is 17.9 Å². The van der Waals surface area contributed by atoms with Gasteiger partial charge in [0.25, 0.3) is 5.56 Å². The molecule has 152 valence electrons. The lowest BCUT2D eigenvalue weighted by Crippen LogP contribution is -2.23. The van der Waals surface area contributed by atoms with E-state index in [-0.39, 0.29) is 29.6 Å². The van der Waals surface area contributed by atoms with Gasteiger partial charge < -0.3 is 9.73 Å². The van der Waals surface area contributed by atoms with E-state index in [9.17, 15) is 14.0 Å². The molecular weight excluding hydrogens is 425 g/mol. The smallest absolute Gasteiger partial charge is 0.263 e. The number of thiophene rings is 1. The van der Waals surface area contributed by atoms with E-state index in [1.807, 2.05) is 5.38 Å². The Bertz CT molecular complexity index is 1260. The van der Waals surface area contributed by atoms with Crippen molar-refractivity contribution in [3.05, 3.63) is 76.9 Å². The topological polar surface area (TPSA) is 77.1 Å². The Balaban J connectivity index is 1.61. The molecule has 9 heteroatoms. The van der Waals surface area contributed by atoms with Crippen molar-refractivity contribution < 1.29 is 13.6 Å². The van der Waals surface area contributed by atoms with E-state index in [2.05, 4.69) is 16.9 Å². The summed E-state index contributed by atoms with van der Waals surface area (Å²) in [5.41, 5.74) is 0.977. The Hall–Kier alpha value is -3.17. The zero-order valence-electron chi connectivity index (χ0n) is 15.6. The van der Waals surface area contributed by atoms with Crippen LogP contribution >= 0.6 is 23.1 Å². The van der Waals surface area contributed by atoms with E-state index >= 15 is 0 Å². The number of halogens is 1. The SMILES string of the molecule is C=CCn1c(SCC(=O)Nc2ccc(F)cc2)nc2scc(-c3ccco3)c2c1=O. The lowest BCUT2D eigenvalue weighted by atomic mass is 10.2. The van der Waals surface area contributed by atoms with Crippen LogP contribution < -0.4 is 10.9 Å². The second kappa shape index (κ2) is 8.68. The number of furan rings is 1. The number of hydrogen-bond donors (Lipinski definition) is 1. The predicted molar refractivity (Wildman–Crippen MR) is 118 cm³/mol. The van der Waals surface area contributed by atoms with E-state index in [4.69, 9.17) is 4.42 Å². The molecule has 6 nitrogen and oxygen atoms in total. The van der Waals surface area contributed by atoms with Crippen molar-refractivity contribution in [3.8, 4) is 11.3 Å². The summed E-state index contributed by atoms with van der Waals surface area (Å²) in [6.07, 6.45) is 3.16. The Morgan fingerprint density at radius 3 is 2.83 bits per heavy atom. The molecular formula is C21H16FN3O3S2. The van der Waals surface area contributed by atoms with Crippen LogP contribution in [0, 0.1) is 5.82 Å². The van der Waals surface area contributed by atoms with Crippen LogP contribution in [0.5, 0.6) is 0 Å². The number of anilines is 1. The molecule has 0 saturated heterocycles. The summed E-state index contributed by atoms with van der Waals surface area (Å²) in [6.45, 7) is 3.97. The number of nitrogens with one attached hydrogen (secondary N) is 1. The van der Waals surface area contributed by atoms with Crippen LogP contribution in [-0.2, 0) is 11.3 Å². The van der Waals surface area contributed by atoms with Crippen molar-refractivity contribution in [1.29, 1.82) is 0 Å². The number of hydrogen-bond acceptors (Lipinski definition) is 6. The predicted octanol–water partition coefficient (Wildman–Crippen LogP) is 4.77. The van der Waals surface area contributed by atoms with Gasteiger partial charge in [0, 0.05) is 23.2 Å². The molecule has 1 amide bonds. The minimum atomic E-state index is -0.377. The van der Waals surface area contributed by atoms with Crippen LogP contribution in [0.3, 0.4) is 0 Å². The monoisotopic (exact) mass is 441 g/mol. The fourth-order valence-electron chi connectivity index (χ4n) is 2.88. The summed E-state index contributed by atoms with van der Waals surface area (Å²) >= 11 is 2.50. The third-order valence-corrected chi connectivity index (χ3v) is 6.07. The number of carbonyl (C=O) groups excluding carboxylic acids is 1. The van der Waals surface area contributed by atoms with Crippen molar-refractivity contribution in [2.75, 3.05) is 11.1 Å². The number of carbonyl (C=O) groups is 1. The second-order valence-corrected chi connectivity index (χ2v) is 8.05. The highest BCUT2D eigenvalue weighted by molar-refractivity contribution is 7.99. The summed E-state index contributed by atoms with van der Waals surface area (Å²) in [7, 11) is 0. The maximum atomic E-state index is 13.2. The van der Waals surface area contributed by atoms with Gasteiger partial charge in [0.15, 0.2) is 5.16 Å². The summed E-state index contributed by atoms with van der Waals surface area (Å²) < 4.78 is 19.9. The first-order valence-corrected chi connectivity index (χ1v) is 10.8. The number of thioether (sulfide) groups is 1. The second-order valence-electron chi connectivity index (χ2n) is 6.25. The summed E-state index contributed by atoms with van der Waals surface area (Å²) in [4.78, 5) is 30.6. The van der Waals surface area contributed by atoms with Crippen molar-refractivity contribution in [2.24, 2.45) is 0 Å². The molecule has 4 aromatic rings. The van der Waals surface area contributed by atoms with E-state index < -0.39 is 0 Å². The van der Waals surface area contributed by atoms with E-state index in [1.54, 1.807) is 24.5 Å². The van der Waals surface area contributed by atoms with E-state index in [0.717, 1.165) is 11.8 Å². The largest absolute Gasteiger partial charge is 0.464 e. The maximum Gasteiger partial charge on any atom is 0.263 e. The number of rotatable bonds is 7. The molecule has 0 aliphatic carbocycles. The average molecular weight is 442 g/mol. The molecule has 0 bridgehead atoms. The zero-order valence-corrected chi connectivity index (χ0v) is 17.3. The maximum absolute atomic E-state index is 13.2. The molecule has 0 radical (unpaired) electrons. The number of amides is 1. The molecule has 0 aliphatic rings. The Morgan fingerprint density at radius 1 is 1.33 bits per heavy atom. The van der Waals surface area contributed by atoms with Crippen LogP contribution in [0.15, 0.2) is 75.1 Å². The number of allylic oxidation sites excluding steroid dienone is 1. The van der Waals surface area contributed by atoms with Gasteiger partial charge in [0.1, 0.15) is 16.4 Å². The first-order valence-electron chi connectivity index (χ1n) is 8.92. The molecule has 30 heavy (non-hydrogen) atoms. The summed E-state index contributed by atoms with van der Waals surface area (Å²) in [6, 6.07) is 9.07. The Kier molecular flexibility index (Phi) is 5.82. The van der Waals surface area contributed by atoms with Crippen molar-refractivity contribution in [3.63, 3.8) is 0 Å². The third kappa shape index (κ3) is 4.07. The highest BCUT2D eigenvalue weighted by Crippen LogP contribution is 2.32. The van der Waals surface area contributed by atoms with Gasteiger partial charge >= 0.3 is 0 Å². The molecule has 0 saturated carbocycles. The summed E-state index contributed by atoms with van der Waals surface area (Å²) in [5, 5.41) is 5.44. The fourth-order valence-corrected chi connectivity index (χ4v) is 4.66. The zero-order chi connectivity index (χ0) is 21.1. The van der Waals surface area contributed by atoms with Gasteiger partial charge in [0.2, 0.25) is 5.91 Å². The average Bonchev–Trinajstić information content (AvgIpc) is 3.40. The third-order valence-electron chi connectivity index (χ3n) is 4.22. The first kappa shape index (κ1) is 20.1. The van der Waals surface area contributed by atoms with E-state index in [0.29, 0.717) is 32.4 Å². The molecule has 1 aromatic carbocycles. The molecule has 0 aliphatic heterocycles. The van der Waals surface area contributed by atoms with E-state index in [1.165, 1.54) is 40.2 Å². The van der Waals surface area contributed by atoms with Crippen molar-refractivity contribution >= 4 is 44.9 Å². The fraction of sp³-hybridized carbons (Fsp3) is 0.0952. The lowest BCUT2D eigenvalue weighted by molar-refractivity contribution is -0.113. The Labute approximate surface area is 179 Å². The molecule has 1 N–H and O–H groups in total. The van der Waals surface area contributed by atoms with Crippen LogP contribution in [0.2, 0.25) is 0 Å². The van der Waals surface area contributed by atoms with Crippen molar-refractivity contribution in [2.45, 2.75) is 11.7 Å². The lowest BCUT2D eigenvalue weighted by Gasteiger charge is -2.10. The summed E-state index contributed by atoms with van der Waals surface area (Å²) in [5.74, 6) is -0.0146. The first-order chi connectivity index (χ1) is 14.6. The minimum absolute atomic E-state index is 0.0445. The van der Waals surface area contributed by atoms with Gasteiger partial charge in [0.05, 0.1) is 17.4 Å². The number of aromatic nitrogens is 2. The van der Waals surface area contributed by atoms with Crippen LogP contribution in [0.25, 0.3) is 21.5 Å². The molecule has 0 fully saturated rings. The normalized spacial score (nSPS) is 11.0. The molecule has 0 spiro atoms. The van der Waals surface area contributed by atoms with Crippen molar-refractivity contribution in [1.82, 2.24) is 9.55 Å². The molecule has 4 rings (SSSR count). The van der Waals surface area contributed by atoms with Gasteiger partial charge in [-0.25, -0.2) is 9.37 Å². The minimum Gasteiger partial charge on any atom is -0.464 e. The van der Waals surface area contributed by atoms with Gasteiger partial charge in [-0.3, -0.25) is 14.2 Å². The molecule has 0 unspecified atom stereocenters. The Morgan fingerprint density at radius 2 is 2.13 bits per heavy atom. The van der Waals surface area contributed by atoms with Gasteiger partial charge in [-0.2, -0.15) is 0 Å². The van der Waals surface area contributed by atoms with Crippen LogP contribution in [0.1, 0.15) is 0 Å². The van der Waals surface area contributed by atoms with Gasteiger partial charge in [-0.05, 0) is 36.4 Å². The molecule has 3 heterocycles. The molecule has 3 aromatic heterocycles. The highest BCUT2D eigenvalue weighted by atomic mass is 32.2. The van der Waals surface area contributed by atoms with Crippen LogP contribution in [-0.4, -0.2) is 21.2 Å². The molecule has 0 atom stereocenters.